The Balaban J connectivity index is 1.77. The molecule has 2 aromatic rings. The van der Waals surface area contributed by atoms with Crippen molar-refractivity contribution < 1.29 is 9.53 Å². The highest BCUT2D eigenvalue weighted by atomic mass is 16.5. The van der Waals surface area contributed by atoms with Gasteiger partial charge in [0, 0.05) is 45.0 Å². The first-order valence-corrected chi connectivity index (χ1v) is 10.4. The first kappa shape index (κ1) is 21.9. The van der Waals surface area contributed by atoms with Crippen LogP contribution in [0, 0.1) is 6.92 Å². The molecule has 0 radical (unpaired) electrons. The molecule has 1 saturated heterocycles. The van der Waals surface area contributed by atoms with Crippen LogP contribution in [0.5, 0.6) is 5.75 Å². The Labute approximate surface area is 178 Å². The summed E-state index contributed by atoms with van der Waals surface area (Å²) >= 11 is 0. The molecule has 1 aromatic heterocycles. The summed E-state index contributed by atoms with van der Waals surface area (Å²) in [5.41, 5.74) is 1.84. The van der Waals surface area contributed by atoms with Gasteiger partial charge in [0.1, 0.15) is 11.3 Å². The highest BCUT2D eigenvalue weighted by Crippen LogP contribution is 2.28. The third-order valence-corrected chi connectivity index (χ3v) is 5.64. The predicted molar refractivity (Wildman–Crippen MR) is 120 cm³/mol. The summed E-state index contributed by atoms with van der Waals surface area (Å²) in [6, 6.07) is 9.76. The van der Waals surface area contributed by atoms with Crippen LogP contribution in [0.4, 0.5) is 5.69 Å². The van der Waals surface area contributed by atoms with Gasteiger partial charge in [-0.3, -0.25) is 9.59 Å². The van der Waals surface area contributed by atoms with Crippen LogP contribution < -0.4 is 15.2 Å². The lowest BCUT2D eigenvalue weighted by molar-refractivity contribution is 0.0743. The van der Waals surface area contributed by atoms with Gasteiger partial charge in [-0.1, -0.05) is 12.1 Å². The van der Waals surface area contributed by atoms with Crippen molar-refractivity contribution in [1.82, 2.24) is 14.4 Å². The van der Waals surface area contributed by atoms with Crippen molar-refractivity contribution in [2.45, 2.75) is 19.9 Å². The maximum atomic E-state index is 13.3. The van der Waals surface area contributed by atoms with E-state index in [0.717, 1.165) is 23.5 Å². The fourth-order valence-electron chi connectivity index (χ4n) is 4.06. The van der Waals surface area contributed by atoms with Crippen molar-refractivity contribution in [1.29, 1.82) is 0 Å². The van der Waals surface area contributed by atoms with Crippen LogP contribution in [-0.4, -0.2) is 74.2 Å². The summed E-state index contributed by atoms with van der Waals surface area (Å²) in [6.07, 6.45) is 1.79. The average Bonchev–Trinajstić information content (AvgIpc) is 2.73. The zero-order valence-corrected chi connectivity index (χ0v) is 18.6. The van der Waals surface area contributed by atoms with E-state index >= 15 is 0 Å². The number of hydrogen-bond donors (Lipinski definition) is 0. The van der Waals surface area contributed by atoms with Gasteiger partial charge in [0.2, 0.25) is 0 Å². The van der Waals surface area contributed by atoms with E-state index in [0.29, 0.717) is 26.2 Å². The lowest BCUT2D eigenvalue weighted by Gasteiger charge is -2.36. The van der Waals surface area contributed by atoms with Crippen molar-refractivity contribution in [3.05, 3.63) is 58.0 Å². The minimum absolute atomic E-state index is 0.0120. The lowest BCUT2D eigenvalue weighted by atomic mass is 10.1. The number of amides is 1. The molecule has 1 aliphatic heterocycles. The van der Waals surface area contributed by atoms with E-state index in [1.165, 1.54) is 0 Å². The highest BCUT2D eigenvalue weighted by molar-refractivity contribution is 5.95. The molecule has 3 rings (SSSR count). The van der Waals surface area contributed by atoms with Crippen LogP contribution in [0.25, 0.3) is 0 Å². The zero-order chi connectivity index (χ0) is 21.8. The molecule has 0 spiro atoms. The van der Waals surface area contributed by atoms with Crippen molar-refractivity contribution in [2.24, 2.45) is 0 Å². The van der Waals surface area contributed by atoms with Gasteiger partial charge in [0.05, 0.1) is 12.8 Å². The van der Waals surface area contributed by atoms with E-state index < -0.39 is 0 Å². The summed E-state index contributed by atoms with van der Waals surface area (Å²) in [6.45, 7) is 7.09. The standard InChI is InChI=1S/C23H32N4O3/c1-17-10-11-27(18(2)16-24(3)4)23(29)21(17)22(28)26-14-12-25(13-15-26)19-8-6-7-9-20(19)30-5/h6-11,18H,12-16H2,1-5H3. The number of benzene rings is 1. The summed E-state index contributed by atoms with van der Waals surface area (Å²) in [5, 5.41) is 0. The average molecular weight is 413 g/mol. The Morgan fingerprint density at radius 3 is 2.43 bits per heavy atom. The molecule has 1 aromatic carbocycles. The minimum Gasteiger partial charge on any atom is -0.495 e. The van der Waals surface area contributed by atoms with Crippen LogP contribution in [0.15, 0.2) is 41.3 Å². The number of para-hydroxylation sites is 2. The van der Waals surface area contributed by atoms with Gasteiger partial charge in [-0.05, 0) is 51.7 Å². The Bertz CT molecular complexity index is 946. The van der Waals surface area contributed by atoms with E-state index in [4.69, 9.17) is 4.74 Å². The first-order chi connectivity index (χ1) is 14.3. The molecule has 0 saturated carbocycles. The van der Waals surface area contributed by atoms with Crippen molar-refractivity contribution in [3.63, 3.8) is 0 Å². The van der Waals surface area contributed by atoms with E-state index in [9.17, 15) is 9.59 Å². The van der Waals surface area contributed by atoms with Crippen LogP contribution in [0.3, 0.4) is 0 Å². The monoisotopic (exact) mass is 412 g/mol. The number of aryl methyl sites for hydroxylation is 1. The Kier molecular flexibility index (Phi) is 6.82. The largest absolute Gasteiger partial charge is 0.495 e. The second-order valence-corrected chi connectivity index (χ2v) is 8.15. The number of ether oxygens (including phenoxy) is 1. The van der Waals surface area contributed by atoms with E-state index in [1.54, 1.807) is 22.8 Å². The molecule has 7 heteroatoms. The third-order valence-electron chi connectivity index (χ3n) is 5.64. The molecule has 2 heterocycles. The molecule has 0 aliphatic carbocycles. The summed E-state index contributed by atoms with van der Waals surface area (Å²) in [7, 11) is 5.62. The third kappa shape index (κ3) is 4.51. The number of methoxy groups -OCH3 is 1. The van der Waals surface area contributed by atoms with Gasteiger partial charge in [0.15, 0.2) is 0 Å². The number of rotatable bonds is 6. The van der Waals surface area contributed by atoms with E-state index in [-0.39, 0.29) is 23.1 Å². The number of anilines is 1. The molecule has 162 valence electrons. The molecule has 30 heavy (non-hydrogen) atoms. The van der Waals surface area contributed by atoms with Gasteiger partial charge in [-0.15, -0.1) is 0 Å². The van der Waals surface area contributed by atoms with Crippen molar-refractivity contribution in [2.75, 3.05) is 58.8 Å². The van der Waals surface area contributed by atoms with Crippen LogP contribution in [0.2, 0.25) is 0 Å². The van der Waals surface area contributed by atoms with Crippen LogP contribution >= 0.6 is 0 Å². The molecular weight excluding hydrogens is 380 g/mol. The highest BCUT2D eigenvalue weighted by Gasteiger charge is 2.27. The fraction of sp³-hybridized carbons (Fsp3) is 0.478. The predicted octanol–water partition coefficient (Wildman–Crippen LogP) is 2.25. The number of hydrogen-bond acceptors (Lipinski definition) is 5. The smallest absolute Gasteiger partial charge is 0.263 e. The Morgan fingerprint density at radius 1 is 1.13 bits per heavy atom. The molecule has 0 bridgehead atoms. The van der Waals surface area contributed by atoms with Gasteiger partial charge >= 0.3 is 0 Å². The number of nitrogens with zero attached hydrogens (tertiary/aromatic N) is 4. The Hall–Kier alpha value is -2.80. The second-order valence-electron chi connectivity index (χ2n) is 8.15. The molecule has 1 aliphatic rings. The normalized spacial score (nSPS) is 15.4. The first-order valence-electron chi connectivity index (χ1n) is 10.4. The minimum atomic E-state index is -0.207. The number of piperazine rings is 1. The summed E-state index contributed by atoms with van der Waals surface area (Å²) in [5.74, 6) is 0.650. The molecule has 7 nitrogen and oxygen atoms in total. The van der Waals surface area contributed by atoms with Crippen LogP contribution in [-0.2, 0) is 0 Å². The molecule has 1 unspecified atom stereocenters. The summed E-state index contributed by atoms with van der Waals surface area (Å²) in [4.78, 5) is 32.4. The quantitative estimate of drug-likeness (QED) is 0.728. The van der Waals surface area contributed by atoms with Gasteiger partial charge in [0.25, 0.3) is 11.5 Å². The fourth-order valence-corrected chi connectivity index (χ4v) is 4.06. The molecule has 1 atom stereocenters. The molecule has 1 fully saturated rings. The SMILES string of the molecule is COc1ccccc1N1CCN(C(=O)c2c(C)ccn(C(C)CN(C)C)c2=O)CC1. The summed E-state index contributed by atoms with van der Waals surface area (Å²) < 4.78 is 7.14. The topological polar surface area (TPSA) is 58.0 Å². The maximum Gasteiger partial charge on any atom is 0.263 e. The zero-order valence-electron chi connectivity index (χ0n) is 18.6. The maximum absolute atomic E-state index is 13.3. The van der Waals surface area contributed by atoms with Gasteiger partial charge in [-0.2, -0.15) is 0 Å². The number of pyridine rings is 1. The number of carbonyl (C=O) groups is 1. The number of aromatic nitrogens is 1. The van der Waals surface area contributed by atoms with E-state index in [1.807, 2.05) is 63.2 Å². The molecule has 0 N–H and O–H groups in total. The van der Waals surface area contributed by atoms with Gasteiger partial charge < -0.3 is 24.0 Å². The van der Waals surface area contributed by atoms with Crippen molar-refractivity contribution >= 4 is 11.6 Å². The van der Waals surface area contributed by atoms with Crippen LogP contribution in [0.1, 0.15) is 28.9 Å². The van der Waals surface area contributed by atoms with Crippen molar-refractivity contribution in [3.8, 4) is 5.75 Å². The second kappa shape index (κ2) is 9.34. The number of carbonyl (C=O) groups excluding carboxylic acids is 1. The number of likely N-dealkylation sites (N-methyl/N-ethyl adjacent to an activating group) is 1. The van der Waals surface area contributed by atoms with E-state index in [2.05, 4.69) is 4.90 Å². The van der Waals surface area contributed by atoms with Gasteiger partial charge in [-0.25, -0.2) is 0 Å². The molecular formula is C23H32N4O3. The lowest BCUT2D eigenvalue weighted by Crippen LogP contribution is -2.50. The Morgan fingerprint density at radius 2 is 1.80 bits per heavy atom. The molecule has 1 amide bonds.